The van der Waals surface area contributed by atoms with Gasteiger partial charge < -0.3 is 4.57 Å². The first-order valence-corrected chi connectivity index (χ1v) is 11.8. The number of rotatable bonds is 6. The molecule has 0 saturated heterocycles. The fraction of sp³-hybridized carbons (Fsp3) is 0.182. The second-order valence-electron chi connectivity index (χ2n) is 6.71. The van der Waals surface area contributed by atoms with E-state index >= 15 is 0 Å². The van der Waals surface area contributed by atoms with Gasteiger partial charge in [0.2, 0.25) is 0 Å². The molecule has 0 N–H and O–H groups in total. The molecule has 0 radical (unpaired) electrons. The van der Waals surface area contributed by atoms with Crippen LogP contribution in [0.15, 0.2) is 81.1 Å². The Morgan fingerprint density at radius 3 is 2.41 bits per heavy atom. The van der Waals surface area contributed by atoms with Crippen LogP contribution < -0.4 is 5.56 Å². The summed E-state index contributed by atoms with van der Waals surface area (Å²) in [6.07, 6.45) is 0. The number of para-hydroxylation sites is 2. The lowest BCUT2D eigenvalue weighted by atomic mass is 9.97. The number of thiophene rings is 1. The summed E-state index contributed by atoms with van der Waals surface area (Å²) in [5, 5.41) is 1.74. The number of fused-ring (bicyclic) bond motifs is 1. The minimum Gasteiger partial charge on any atom is -0.305 e. The van der Waals surface area contributed by atoms with Crippen LogP contribution in [0.25, 0.3) is 11.0 Å². The van der Waals surface area contributed by atoms with E-state index in [1.54, 1.807) is 22.1 Å². The van der Waals surface area contributed by atoms with Gasteiger partial charge in [-0.15, -0.1) is 11.3 Å². The van der Waals surface area contributed by atoms with Crippen molar-refractivity contribution < 1.29 is 8.42 Å². The van der Waals surface area contributed by atoms with Gasteiger partial charge in [-0.3, -0.25) is 4.79 Å². The first-order chi connectivity index (χ1) is 14.0. The van der Waals surface area contributed by atoms with Crippen molar-refractivity contribution >= 4 is 32.2 Å². The molecule has 5 nitrogen and oxygen atoms in total. The number of hydrogen-bond donors (Lipinski definition) is 0. The SMILES string of the molecule is CCn1c(=O)c(C(CS(=O)(=O)c2cccs2)c2ccccc2)nc2ccccc21. The highest BCUT2D eigenvalue weighted by molar-refractivity contribution is 7.93. The number of aryl methyl sites for hydroxylation is 1. The van der Waals surface area contributed by atoms with Gasteiger partial charge in [-0.1, -0.05) is 48.5 Å². The minimum absolute atomic E-state index is 0.207. The number of hydrogen-bond acceptors (Lipinski definition) is 5. The molecule has 0 fully saturated rings. The van der Waals surface area contributed by atoms with Gasteiger partial charge in [0.1, 0.15) is 9.90 Å². The molecule has 2 heterocycles. The van der Waals surface area contributed by atoms with Crippen LogP contribution in [0, 0.1) is 0 Å². The lowest BCUT2D eigenvalue weighted by molar-refractivity contribution is 0.592. The quantitative estimate of drug-likeness (QED) is 0.468. The Kier molecular flexibility index (Phi) is 5.34. The molecular formula is C22H20N2O3S2. The van der Waals surface area contributed by atoms with Gasteiger partial charge in [-0.2, -0.15) is 0 Å². The van der Waals surface area contributed by atoms with E-state index in [2.05, 4.69) is 4.98 Å². The summed E-state index contributed by atoms with van der Waals surface area (Å²) >= 11 is 1.18. The first-order valence-electron chi connectivity index (χ1n) is 9.32. The first kappa shape index (κ1) is 19.5. The van der Waals surface area contributed by atoms with Gasteiger partial charge >= 0.3 is 0 Å². The lowest BCUT2D eigenvalue weighted by Gasteiger charge is -2.19. The summed E-state index contributed by atoms with van der Waals surface area (Å²) in [6, 6.07) is 20.0. The van der Waals surface area contributed by atoms with E-state index in [0.29, 0.717) is 16.3 Å². The Morgan fingerprint density at radius 2 is 1.72 bits per heavy atom. The number of benzene rings is 2. The molecule has 1 unspecified atom stereocenters. The van der Waals surface area contributed by atoms with Crippen LogP contribution in [0.5, 0.6) is 0 Å². The smallest absolute Gasteiger partial charge is 0.273 e. The Hall–Kier alpha value is -2.77. The molecule has 0 aliphatic rings. The van der Waals surface area contributed by atoms with Gasteiger partial charge in [-0.05, 0) is 36.1 Å². The van der Waals surface area contributed by atoms with E-state index in [1.807, 2.05) is 61.5 Å². The number of nitrogens with zero attached hydrogens (tertiary/aromatic N) is 2. The summed E-state index contributed by atoms with van der Waals surface area (Å²) in [6.45, 7) is 2.38. The highest BCUT2D eigenvalue weighted by Crippen LogP contribution is 2.28. The molecule has 0 aliphatic heterocycles. The molecule has 4 aromatic rings. The molecule has 1 atom stereocenters. The molecular weight excluding hydrogens is 404 g/mol. The zero-order valence-electron chi connectivity index (χ0n) is 15.9. The van der Waals surface area contributed by atoms with Crippen molar-refractivity contribution in [3.63, 3.8) is 0 Å². The third kappa shape index (κ3) is 3.75. The van der Waals surface area contributed by atoms with Crippen molar-refractivity contribution in [1.82, 2.24) is 9.55 Å². The highest BCUT2D eigenvalue weighted by atomic mass is 32.2. The topological polar surface area (TPSA) is 69.0 Å². The predicted molar refractivity (Wildman–Crippen MR) is 116 cm³/mol. The largest absolute Gasteiger partial charge is 0.305 e. The van der Waals surface area contributed by atoms with Crippen molar-refractivity contribution in [2.45, 2.75) is 23.6 Å². The van der Waals surface area contributed by atoms with Gasteiger partial charge in [0, 0.05) is 12.5 Å². The lowest BCUT2D eigenvalue weighted by Crippen LogP contribution is -2.30. The van der Waals surface area contributed by atoms with Gasteiger partial charge in [0.05, 0.1) is 16.8 Å². The van der Waals surface area contributed by atoms with Crippen LogP contribution in [0.3, 0.4) is 0 Å². The second kappa shape index (κ2) is 7.93. The van der Waals surface area contributed by atoms with Gasteiger partial charge in [0.15, 0.2) is 9.84 Å². The fourth-order valence-corrected chi connectivity index (χ4v) is 6.16. The van der Waals surface area contributed by atoms with E-state index in [0.717, 1.165) is 11.1 Å². The third-order valence-electron chi connectivity index (χ3n) is 4.91. The van der Waals surface area contributed by atoms with Crippen molar-refractivity contribution in [3.05, 3.63) is 93.7 Å². The average molecular weight is 425 g/mol. The van der Waals surface area contributed by atoms with Crippen LogP contribution in [0.1, 0.15) is 24.1 Å². The number of aromatic nitrogens is 2. The maximum atomic E-state index is 13.3. The van der Waals surface area contributed by atoms with Crippen molar-refractivity contribution in [2.24, 2.45) is 0 Å². The Balaban J connectivity index is 1.93. The zero-order chi connectivity index (χ0) is 20.4. The van der Waals surface area contributed by atoms with Crippen LogP contribution >= 0.6 is 11.3 Å². The predicted octanol–water partition coefficient (Wildman–Crippen LogP) is 4.08. The fourth-order valence-electron chi connectivity index (χ4n) is 3.51. The molecule has 0 bridgehead atoms. The monoisotopic (exact) mass is 424 g/mol. The molecule has 148 valence electrons. The number of sulfone groups is 1. The molecule has 4 rings (SSSR count). The molecule has 0 amide bonds. The Labute approximate surface area is 173 Å². The van der Waals surface area contributed by atoms with Crippen LogP contribution in [0.2, 0.25) is 0 Å². The Morgan fingerprint density at radius 1 is 1.00 bits per heavy atom. The molecule has 2 aromatic heterocycles. The van der Waals surface area contributed by atoms with Crippen molar-refractivity contribution in [1.29, 1.82) is 0 Å². The highest BCUT2D eigenvalue weighted by Gasteiger charge is 2.29. The summed E-state index contributed by atoms with van der Waals surface area (Å²) in [5.74, 6) is -0.861. The standard InChI is InChI=1S/C22H20N2O3S2/c1-2-24-19-12-7-6-11-18(19)23-21(22(24)25)17(16-9-4-3-5-10-16)15-29(26,27)20-13-8-14-28-20/h3-14,17H,2,15H2,1H3. The van der Waals surface area contributed by atoms with E-state index < -0.39 is 15.8 Å². The molecule has 0 aliphatic carbocycles. The van der Waals surface area contributed by atoms with Gasteiger partial charge in [0.25, 0.3) is 5.56 Å². The van der Waals surface area contributed by atoms with E-state index in [1.165, 1.54) is 11.3 Å². The molecule has 29 heavy (non-hydrogen) atoms. The maximum Gasteiger partial charge on any atom is 0.273 e. The van der Waals surface area contributed by atoms with Crippen molar-refractivity contribution in [2.75, 3.05) is 5.75 Å². The van der Waals surface area contributed by atoms with E-state index in [4.69, 9.17) is 0 Å². The summed E-state index contributed by atoms with van der Waals surface area (Å²) < 4.78 is 28.1. The maximum absolute atomic E-state index is 13.3. The second-order valence-corrected chi connectivity index (χ2v) is 9.92. The summed E-state index contributed by atoms with van der Waals surface area (Å²) in [7, 11) is -3.57. The average Bonchev–Trinajstić information content (AvgIpc) is 3.29. The summed E-state index contributed by atoms with van der Waals surface area (Å²) in [4.78, 5) is 17.9. The van der Waals surface area contributed by atoms with Crippen LogP contribution in [-0.2, 0) is 16.4 Å². The third-order valence-corrected chi connectivity index (χ3v) is 8.15. The zero-order valence-corrected chi connectivity index (χ0v) is 17.5. The molecule has 7 heteroatoms. The minimum atomic E-state index is -3.57. The molecule has 2 aromatic carbocycles. The van der Waals surface area contributed by atoms with Crippen LogP contribution in [0.4, 0.5) is 0 Å². The van der Waals surface area contributed by atoms with Gasteiger partial charge in [-0.25, -0.2) is 13.4 Å². The Bertz CT molecular complexity index is 1300. The van der Waals surface area contributed by atoms with E-state index in [9.17, 15) is 13.2 Å². The summed E-state index contributed by atoms with van der Waals surface area (Å²) in [5.41, 5.74) is 2.20. The molecule has 0 spiro atoms. The van der Waals surface area contributed by atoms with Crippen LogP contribution in [-0.4, -0.2) is 23.7 Å². The normalized spacial score (nSPS) is 12.9. The van der Waals surface area contributed by atoms with E-state index in [-0.39, 0.29) is 17.0 Å². The molecule has 0 saturated carbocycles. The van der Waals surface area contributed by atoms with Crippen molar-refractivity contribution in [3.8, 4) is 0 Å².